The van der Waals surface area contributed by atoms with Crippen LogP contribution in [0.4, 0.5) is 4.39 Å². The summed E-state index contributed by atoms with van der Waals surface area (Å²) in [7, 11) is 0. The Morgan fingerprint density at radius 3 is 2.67 bits per heavy atom. The van der Waals surface area contributed by atoms with Gasteiger partial charge >= 0.3 is 0 Å². The van der Waals surface area contributed by atoms with Gasteiger partial charge in [-0.1, -0.05) is 37.9 Å². The lowest BCUT2D eigenvalue weighted by Crippen LogP contribution is -1.89. The number of alkyl halides is 2. The average molecular weight is 398 g/mol. The molecule has 0 radical (unpaired) electrons. The first-order valence-corrected chi connectivity index (χ1v) is 6.74. The summed E-state index contributed by atoms with van der Waals surface area (Å²) in [6.07, 6.45) is 1.54. The molecule has 0 amide bonds. The standard InChI is InChI=1S/C10H5Br3FN/c11-7-2-1-5-3-8(10(12)13)15-4-6(5)9(7)14/h1-4,10H. The molecule has 0 atom stereocenters. The fourth-order valence-corrected chi connectivity index (χ4v) is 2.14. The molecule has 0 unspecified atom stereocenters. The van der Waals surface area contributed by atoms with Crippen LogP contribution < -0.4 is 0 Å². The van der Waals surface area contributed by atoms with E-state index in [9.17, 15) is 4.39 Å². The highest BCUT2D eigenvalue weighted by Crippen LogP contribution is 2.31. The third-order valence-electron chi connectivity index (χ3n) is 2.04. The van der Waals surface area contributed by atoms with Crippen LogP contribution in [-0.4, -0.2) is 4.98 Å². The summed E-state index contributed by atoms with van der Waals surface area (Å²) in [5.74, 6) is -0.271. The van der Waals surface area contributed by atoms with Gasteiger partial charge in [-0.2, -0.15) is 0 Å². The molecule has 1 aromatic carbocycles. The minimum absolute atomic E-state index is 0.0129. The van der Waals surface area contributed by atoms with Gasteiger partial charge in [0.25, 0.3) is 0 Å². The number of nitrogens with zero attached hydrogens (tertiary/aromatic N) is 1. The largest absolute Gasteiger partial charge is 0.258 e. The Balaban J connectivity index is 2.70. The van der Waals surface area contributed by atoms with Crippen LogP contribution in [0.15, 0.2) is 28.9 Å². The normalized spacial score (nSPS) is 11.3. The molecule has 0 aliphatic carbocycles. The number of rotatable bonds is 1. The lowest BCUT2D eigenvalue weighted by molar-refractivity contribution is 0.633. The summed E-state index contributed by atoms with van der Waals surface area (Å²) in [5.41, 5.74) is 0.823. The van der Waals surface area contributed by atoms with E-state index < -0.39 is 0 Å². The van der Waals surface area contributed by atoms with Crippen LogP contribution in [0, 0.1) is 5.82 Å². The number of fused-ring (bicyclic) bond motifs is 1. The molecule has 5 heteroatoms. The third kappa shape index (κ3) is 2.24. The van der Waals surface area contributed by atoms with Gasteiger partial charge in [-0.25, -0.2) is 4.39 Å². The lowest BCUT2D eigenvalue weighted by atomic mass is 10.1. The van der Waals surface area contributed by atoms with Crippen LogP contribution in [0.1, 0.15) is 9.43 Å². The molecule has 0 aliphatic heterocycles. The molecular formula is C10H5Br3FN. The Morgan fingerprint density at radius 1 is 1.27 bits per heavy atom. The Hall–Kier alpha value is -0.0000000000000000555. The zero-order valence-electron chi connectivity index (χ0n) is 7.35. The molecule has 1 nitrogen and oxygen atoms in total. The van der Waals surface area contributed by atoms with E-state index in [1.165, 1.54) is 0 Å². The SMILES string of the molecule is Fc1c(Br)ccc2cc(C(Br)Br)ncc12. The zero-order valence-corrected chi connectivity index (χ0v) is 12.1. The van der Waals surface area contributed by atoms with Crippen molar-refractivity contribution in [3.05, 3.63) is 40.4 Å². The minimum atomic E-state index is -0.271. The molecular weight excluding hydrogens is 393 g/mol. The second-order valence-electron chi connectivity index (χ2n) is 2.99. The van der Waals surface area contributed by atoms with Gasteiger partial charge in [-0.3, -0.25) is 4.98 Å². The van der Waals surface area contributed by atoms with E-state index in [0.29, 0.717) is 9.86 Å². The van der Waals surface area contributed by atoms with Gasteiger partial charge in [0.2, 0.25) is 0 Å². The second-order valence-corrected chi connectivity index (χ2v) is 6.91. The van der Waals surface area contributed by atoms with Gasteiger partial charge in [0.1, 0.15) is 9.55 Å². The van der Waals surface area contributed by atoms with Crippen LogP contribution in [0.25, 0.3) is 10.8 Å². The summed E-state index contributed by atoms with van der Waals surface area (Å²) in [6.45, 7) is 0. The maximum absolute atomic E-state index is 13.6. The molecule has 0 N–H and O–H groups in total. The van der Waals surface area contributed by atoms with Crippen molar-refractivity contribution in [1.29, 1.82) is 0 Å². The fourth-order valence-electron chi connectivity index (χ4n) is 1.29. The molecule has 2 aromatic rings. The van der Waals surface area contributed by atoms with Gasteiger partial charge in [0.15, 0.2) is 0 Å². The number of benzene rings is 1. The van der Waals surface area contributed by atoms with Gasteiger partial charge in [0.05, 0.1) is 10.2 Å². The summed E-state index contributed by atoms with van der Waals surface area (Å²) >= 11 is 9.85. The van der Waals surface area contributed by atoms with Crippen molar-refractivity contribution in [2.24, 2.45) is 0 Å². The highest BCUT2D eigenvalue weighted by Gasteiger charge is 2.09. The van der Waals surface area contributed by atoms with E-state index in [-0.39, 0.29) is 9.55 Å². The average Bonchev–Trinajstić information content (AvgIpc) is 2.23. The summed E-state index contributed by atoms with van der Waals surface area (Å²) in [4.78, 5) is 4.15. The van der Waals surface area contributed by atoms with E-state index in [2.05, 4.69) is 52.8 Å². The Kier molecular flexibility index (Phi) is 3.42. The lowest BCUT2D eigenvalue weighted by Gasteiger charge is -2.05. The van der Waals surface area contributed by atoms with E-state index >= 15 is 0 Å². The van der Waals surface area contributed by atoms with E-state index in [4.69, 9.17) is 0 Å². The summed E-state index contributed by atoms with van der Waals surface area (Å²) < 4.78 is 14.1. The molecule has 15 heavy (non-hydrogen) atoms. The van der Waals surface area contributed by atoms with Crippen molar-refractivity contribution in [2.45, 2.75) is 3.74 Å². The number of halogens is 4. The number of hydrogen-bond donors (Lipinski definition) is 0. The molecule has 1 aromatic heterocycles. The first-order valence-electron chi connectivity index (χ1n) is 4.11. The maximum atomic E-state index is 13.6. The molecule has 2 rings (SSSR count). The van der Waals surface area contributed by atoms with Gasteiger partial charge in [0, 0.05) is 11.6 Å². The third-order valence-corrected chi connectivity index (χ3v) is 3.59. The monoisotopic (exact) mass is 395 g/mol. The molecule has 0 saturated carbocycles. The van der Waals surface area contributed by atoms with Crippen LogP contribution in [0.2, 0.25) is 0 Å². The van der Waals surface area contributed by atoms with Crippen molar-refractivity contribution >= 4 is 58.6 Å². The first kappa shape index (κ1) is 11.5. The zero-order chi connectivity index (χ0) is 11.0. The maximum Gasteiger partial charge on any atom is 0.146 e. The van der Waals surface area contributed by atoms with Crippen molar-refractivity contribution in [2.75, 3.05) is 0 Å². The van der Waals surface area contributed by atoms with Crippen molar-refractivity contribution in [3.63, 3.8) is 0 Å². The number of hydrogen-bond acceptors (Lipinski definition) is 1. The topological polar surface area (TPSA) is 12.9 Å². The second kappa shape index (κ2) is 4.47. The molecule has 0 spiro atoms. The van der Waals surface area contributed by atoms with Crippen LogP contribution in [-0.2, 0) is 0 Å². The first-order chi connectivity index (χ1) is 7.09. The minimum Gasteiger partial charge on any atom is -0.258 e. The summed E-state index contributed by atoms with van der Waals surface area (Å²) in [5, 5.41) is 1.36. The number of pyridine rings is 1. The highest BCUT2D eigenvalue weighted by atomic mass is 79.9. The van der Waals surface area contributed by atoms with Gasteiger partial charge < -0.3 is 0 Å². The molecule has 0 bridgehead atoms. The molecule has 0 saturated heterocycles. The van der Waals surface area contributed by atoms with Crippen LogP contribution in [0.5, 0.6) is 0 Å². The van der Waals surface area contributed by atoms with Crippen molar-refractivity contribution < 1.29 is 4.39 Å². The number of aromatic nitrogens is 1. The fraction of sp³-hybridized carbons (Fsp3) is 0.100. The van der Waals surface area contributed by atoms with Gasteiger partial charge in [-0.15, -0.1) is 0 Å². The van der Waals surface area contributed by atoms with E-state index in [1.807, 2.05) is 12.1 Å². The van der Waals surface area contributed by atoms with Crippen molar-refractivity contribution in [1.82, 2.24) is 4.98 Å². The Bertz CT molecular complexity index is 513. The van der Waals surface area contributed by atoms with Crippen LogP contribution >= 0.6 is 47.8 Å². The van der Waals surface area contributed by atoms with E-state index in [0.717, 1.165) is 11.1 Å². The highest BCUT2D eigenvalue weighted by molar-refractivity contribution is 9.24. The molecule has 0 aliphatic rings. The summed E-state index contributed by atoms with van der Waals surface area (Å²) in [6, 6.07) is 5.40. The quantitative estimate of drug-likeness (QED) is 0.622. The van der Waals surface area contributed by atoms with Gasteiger partial charge in [-0.05, 0) is 33.4 Å². The molecule has 0 fully saturated rings. The Morgan fingerprint density at radius 2 is 2.00 bits per heavy atom. The van der Waals surface area contributed by atoms with Crippen molar-refractivity contribution in [3.8, 4) is 0 Å². The predicted molar refractivity (Wildman–Crippen MR) is 70.0 cm³/mol. The Labute approximate surface area is 111 Å². The van der Waals surface area contributed by atoms with E-state index in [1.54, 1.807) is 12.3 Å². The predicted octanol–water partition coefficient (Wildman–Crippen LogP) is 4.92. The smallest absolute Gasteiger partial charge is 0.146 e. The van der Waals surface area contributed by atoms with Crippen LogP contribution in [0.3, 0.4) is 0 Å². The molecule has 1 heterocycles. The molecule has 78 valence electrons.